The number of nitro benzene ring substituents is 1. The maximum atomic E-state index is 12.6. The number of methoxy groups -OCH3 is 1. The molecule has 0 radical (unpaired) electrons. The third-order valence-corrected chi connectivity index (χ3v) is 4.21. The fourth-order valence-electron chi connectivity index (χ4n) is 3.00. The van der Waals surface area contributed by atoms with Gasteiger partial charge in [-0.25, -0.2) is 0 Å². The van der Waals surface area contributed by atoms with E-state index in [1.54, 1.807) is 6.92 Å². The molecule has 0 saturated heterocycles. The number of amides is 1. The van der Waals surface area contributed by atoms with E-state index in [0.29, 0.717) is 12.4 Å². The van der Waals surface area contributed by atoms with Crippen LogP contribution in [0.4, 0.5) is 5.69 Å². The molecule has 1 aliphatic rings. The predicted octanol–water partition coefficient (Wildman–Crippen LogP) is 3.45. The molecule has 0 unspecified atom stereocenters. The molecule has 0 atom stereocenters. The predicted molar refractivity (Wildman–Crippen MR) is 89.8 cm³/mol. The molecule has 0 heterocycles. The third kappa shape index (κ3) is 4.37. The number of nitro groups is 1. The zero-order chi connectivity index (χ0) is 17.5. The van der Waals surface area contributed by atoms with Crippen LogP contribution in [0.15, 0.2) is 12.1 Å². The summed E-state index contributed by atoms with van der Waals surface area (Å²) in [4.78, 5) is 23.4. The number of carbonyl (C=O) groups is 1. The number of ether oxygens (including phenoxy) is 2. The van der Waals surface area contributed by atoms with Gasteiger partial charge in [0.05, 0.1) is 24.7 Å². The van der Waals surface area contributed by atoms with E-state index in [1.807, 2.05) is 0 Å². The lowest BCUT2D eigenvalue weighted by atomic mass is 10.1. The van der Waals surface area contributed by atoms with Crippen molar-refractivity contribution in [3.8, 4) is 11.5 Å². The van der Waals surface area contributed by atoms with Crippen molar-refractivity contribution in [3.05, 3.63) is 27.8 Å². The first kappa shape index (κ1) is 18.0. The van der Waals surface area contributed by atoms with E-state index in [1.165, 1.54) is 32.1 Å². The van der Waals surface area contributed by atoms with Gasteiger partial charge in [0.15, 0.2) is 11.5 Å². The zero-order valence-corrected chi connectivity index (χ0v) is 14.2. The first-order valence-corrected chi connectivity index (χ1v) is 8.37. The maximum Gasteiger partial charge on any atom is 0.286 e. The van der Waals surface area contributed by atoms with Crippen LogP contribution in [0.5, 0.6) is 11.5 Å². The molecule has 0 bridgehead atoms. The summed E-state index contributed by atoms with van der Waals surface area (Å²) in [6.07, 6.45) is 6.30. The van der Waals surface area contributed by atoms with Crippen molar-refractivity contribution in [3.63, 3.8) is 0 Å². The monoisotopic (exact) mass is 336 g/mol. The molecule has 132 valence electrons. The normalized spacial score (nSPS) is 15.4. The summed E-state index contributed by atoms with van der Waals surface area (Å²) in [5.41, 5.74) is -0.269. The second-order valence-corrected chi connectivity index (χ2v) is 5.87. The number of benzene rings is 1. The average Bonchev–Trinajstić information content (AvgIpc) is 2.83. The van der Waals surface area contributed by atoms with E-state index in [9.17, 15) is 14.9 Å². The van der Waals surface area contributed by atoms with Crippen LogP contribution in [-0.2, 0) is 0 Å². The summed E-state index contributed by atoms with van der Waals surface area (Å²) in [6, 6.07) is 2.71. The highest BCUT2D eigenvalue weighted by molar-refractivity contribution is 5.99. The Balaban J connectivity index is 2.29. The molecule has 1 saturated carbocycles. The van der Waals surface area contributed by atoms with E-state index in [2.05, 4.69) is 5.32 Å². The lowest BCUT2D eigenvalue weighted by Gasteiger charge is -2.17. The van der Waals surface area contributed by atoms with E-state index in [4.69, 9.17) is 9.47 Å². The highest BCUT2D eigenvalue weighted by Crippen LogP contribution is 2.35. The molecule has 0 aliphatic heterocycles. The van der Waals surface area contributed by atoms with Gasteiger partial charge >= 0.3 is 0 Å². The van der Waals surface area contributed by atoms with Gasteiger partial charge in [-0.1, -0.05) is 25.7 Å². The van der Waals surface area contributed by atoms with E-state index in [0.717, 1.165) is 25.7 Å². The van der Waals surface area contributed by atoms with Crippen molar-refractivity contribution in [2.45, 2.75) is 51.5 Å². The van der Waals surface area contributed by atoms with Crippen molar-refractivity contribution >= 4 is 11.6 Å². The van der Waals surface area contributed by atoms with Gasteiger partial charge in [0.1, 0.15) is 5.56 Å². The highest BCUT2D eigenvalue weighted by Gasteiger charge is 2.26. The van der Waals surface area contributed by atoms with E-state index in [-0.39, 0.29) is 23.0 Å². The van der Waals surface area contributed by atoms with Crippen molar-refractivity contribution < 1.29 is 19.2 Å². The van der Waals surface area contributed by atoms with Crippen LogP contribution < -0.4 is 14.8 Å². The molecular weight excluding hydrogens is 312 g/mol. The Morgan fingerprint density at radius 3 is 2.46 bits per heavy atom. The average molecular weight is 336 g/mol. The third-order valence-electron chi connectivity index (χ3n) is 4.21. The fourth-order valence-corrected chi connectivity index (χ4v) is 3.00. The molecule has 1 aromatic rings. The summed E-state index contributed by atoms with van der Waals surface area (Å²) in [5, 5.41) is 14.3. The van der Waals surface area contributed by atoms with Gasteiger partial charge in [-0.05, 0) is 19.8 Å². The Morgan fingerprint density at radius 2 is 1.92 bits per heavy atom. The van der Waals surface area contributed by atoms with E-state index >= 15 is 0 Å². The summed E-state index contributed by atoms with van der Waals surface area (Å²) >= 11 is 0. The van der Waals surface area contributed by atoms with Crippen molar-refractivity contribution in [1.29, 1.82) is 0 Å². The molecule has 1 N–H and O–H groups in total. The molecule has 7 nitrogen and oxygen atoms in total. The Bertz CT molecular complexity index is 595. The molecule has 2 rings (SSSR count). The number of nitrogens with zero attached hydrogens (tertiary/aromatic N) is 1. The number of rotatable bonds is 6. The van der Waals surface area contributed by atoms with Gasteiger partial charge < -0.3 is 14.8 Å². The van der Waals surface area contributed by atoms with Crippen LogP contribution in [0.3, 0.4) is 0 Å². The van der Waals surface area contributed by atoms with Crippen molar-refractivity contribution in [2.24, 2.45) is 0 Å². The maximum absolute atomic E-state index is 12.6. The van der Waals surface area contributed by atoms with Crippen LogP contribution in [0.25, 0.3) is 0 Å². The molecule has 1 fully saturated rings. The van der Waals surface area contributed by atoms with Crippen LogP contribution in [0, 0.1) is 10.1 Å². The number of hydrogen-bond acceptors (Lipinski definition) is 5. The van der Waals surface area contributed by atoms with E-state index < -0.39 is 10.8 Å². The fraction of sp³-hybridized carbons (Fsp3) is 0.588. The Labute approximate surface area is 141 Å². The molecule has 1 aromatic carbocycles. The topological polar surface area (TPSA) is 90.7 Å². The van der Waals surface area contributed by atoms with Gasteiger partial charge in [0.2, 0.25) is 0 Å². The minimum Gasteiger partial charge on any atom is -0.493 e. The minimum atomic E-state index is -0.569. The van der Waals surface area contributed by atoms with Gasteiger partial charge in [0.25, 0.3) is 11.6 Å². The Kier molecular flexibility index (Phi) is 6.40. The van der Waals surface area contributed by atoms with Crippen LogP contribution in [-0.4, -0.2) is 30.6 Å². The van der Waals surface area contributed by atoms with Crippen molar-refractivity contribution in [2.75, 3.05) is 13.7 Å². The Hall–Kier alpha value is -2.31. The summed E-state index contributed by atoms with van der Waals surface area (Å²) in [6.45, 7) is 2.17. The Morgan fingerprint density at radius 1 is 1.25 bits per heavy atom. The van der Waals surface area contributed by atoms with Gasteiger partial charge in [-0.3, -0.25) is 14.9 Å². The first-order chi connectivity index (χ1) is 11.6. The van der Waals surface area contributed by atoms with Crippen LogP contribution in [0.1, 0.15) is 55.8 Å². The SMILES string of the molecule is CCOc1cc(C(=O)NC2CCCCCC2)c([N+](=O)[O-])cc1OC. The largest absolute Gasteiger partial charge is 0.493 e. The molecule has 0 spiro atoms. The molecule has 0 aromatic heterocycles. The lowest BCUT2D eigenvalue weighted by molar-refractivity contribution is -0.385. The first-order valence-electron chi connectivity index (χ1n) is 8.37. The summed E-state index contributed by atoms with van der Waals surface area (Å²) < 4.78 is 10.6. The second kappa shape index (κ2) is 8.52. The summed E-state index contributed by atoms with van der Waals surface area (Å²) in [7, 11) is 1.41. The van der Waals surface area contributed by atoms with Crippen LogP contribution >= 0.6 is 0 Å². The smallest absolute Gasteiger partial charge is 0.286 e. The van der Waals surface area contributed by atoms with Gasteiger partial charge in [-0.15, -0.1) is 0 Å². The second-order valence-electron chi connectivity index (χ2n) is 5.87. The van der Waals surface area contributed by atoms with Gasteiger partial charge in [-0.2, -0.15) is 0 Å². The molecule has 1 amide bonds. The quantitative estimate of drug-likeness (QED) is 0.488. The number of hydrogen-bond donors (Lipinski definition) is 1. The highest BCUT2D eigenvalue weighted by atomic mass is 16.6. The van der Waals surface area contributed by atoms with Gasteiger partial charge in [0, 0.05) is 12.1 Å². The molecule has 24 heavy (non-hydrogen) atoms. The molecule has 7 heteroatoms. The number of carbonyl (C=O) groups excluding carboxylic acids is 1. The summed E-state index contributed by atoms with van der Waals surface area (Å²) in [5.74, 6) is 0.142. The number of nitrogens with one attached hydrogen (secondary N) is 1. The lowest BCUT2D eigenvalue weighted by Crippen LogP contribution is -2.34. The minimum absolute atomic E-state index is 0.00787. The molecular formula is C17H24N2O5. The molecule has 1 aliphatic carbocycles. The standard InChI is InChI=1S/C17H24N2O5/c1-3-24-16-10-13(14(19(21)22)11-15(16)23-2)17(20)18-12-8-6-4-5-7-9-12/h10-12H,3-9H2,1-2H3,(H,18,20). The van der Waals surface area contributed by atoms with Crippen molar-refractivity contribution in [1.82, 2.24) is 5.32 Å². The van der Waals surface area contributed by atoms with Crippen LogP contribution in [0.2, 0.25) is 0 Å². The zero-order valence-electron chi connectivity index (χ0n) is 14.2.